The number of hydrogen-bond acceptors (Lipinski definition) is 4. The van der Waals surface area contributed by atoms with Crippen molar-refractivity contribution in [2.45, 2.75) is 51.1 Å². The molecule has 0 aliphatic carbocycles. The molecule has 2 unspecified atom stereocenters. The van der Waals surface area contributed by atoms with Crippen molar-refractivity contribution >= 4 is 10.0 Å². The largest absolute Gasteiger partial charge is 0.316 e. The third kappa shape index (κ3) is 4.41. The van der Waals surface area contributed by atoms with E-state index in [-0.39, 0.29) is 11.8 Å². The third-order valence-corrected chi connectivity index (χ3v) is 5.56. The minimum absolute atomic E-state index is 0.136. The quantitative estimate of drug-likeness (QED) is 0.671. The molecule has 112 valence electrons. The fourth-order valence-corrected chi connectivity index (χ4v) is 4.45. The number of nitrogens with zero attached hydrogens (tertiary/aromatic N) is 1. The van der Waals surface area contributed by atoms with E-state index >= 15 is 0 Å². The summed E-state index contributed by atoms with van der Waals surface area (Å²) in [6.45, 7) is 5.70. The highest BCUT2D eigenvalue weighted by molar-refractivity contribution is 7.89. The van der Waals surface area contributed by atoms with Gasteiger partial charge in [0.05, 0.1) is 5.75 Å². The highest BCUT2D eigenvalue weighted by Crippen LogP contribution is 2.27. The summed E-state index contributed by atoms with van der Waals surface area (Å²) in [5, 5.41) is 3.14. The van der Waals surface area contributed by atoms with Crippen LogP contribution in [0.15, 0.2) is 0 Å². The van der Waals surface area contributed by atoms with Crippen molar-refractivity contribution in [2.24, 2.45) is 0 Å². The van der Waals surface area contributed by atoms with Gasteiger partial charge in [0.2, 0.25) is 10.0 Å². The molecule has 6 heteroatoms. The summed E-state index contributed by atoms with van der Waals surface area (Å²) in [4.78, 5) is 2.45. The second-order valence-electron chi connectivity index (χ2n) is 5.68. The Morgan fingerprint density at radius 3 is 2.79 bits per heavy atom. The Kier molecular flexibility index (Phi) is 5.62. The van der Waals surface area contributed by atoms with Gasteiger partial charge in [0, 0.05) is 25.2 Å². The lowest BCUT2D eigenvalue weighted by Gasteiger charge is -2.32. The molecule has 2 N–H and O–H groups in total. The van der Waals surface area contributed by atoms with E-state index in [1.54, 1.807) is 0 Å². The SMILES string of the molecule is CCCNCCS(=O)(=O)NC1CCN2CCCCC12. The van der Waals surface area contributed by atoms with Crippen molar-refractivity contribution in [1.29, 1.82) is 0 Å². The predicted octanol–water partition coefficient (Wildman–Crippen LogP) is 0.532. The lowest BCUT2D eigenvalue weighted by atomic mass is 10.00. The third-order valence-electron chi connectivity index (χ3n) is 4.16. The lowest BCUT2D eigenvalue weighted by molar-refractivity contribution is 0.186. The van der Waals surface area contributed by atoms with Crippen molar-refractivity contribution in [3.63, 3.8) is 0 Å². The van der Waals surface area contributed by atoms with Crippen LogP contribution in [0.5, 0.6) is 0 Å². The zero-order valence-electron chi connectivity index (χ0n) is 11.9. The van der Waals surface area contributed by atoms with Crippen molar-refractivity contribution in [3.05, 3.63) is 0 Å². The van der Waals surface area contributed by atoms with Crippen LogP contribution in [0.25, 0.3) is 0 Å². The molecule has 0 aromatic heterocycles. The average Bonchev–Trinajstić information content (AvgIpc) is 2.78. The van der Waals surface area contributed by atoms with E-state index in [0.29, 0.717) is 12.6 Å². The summed E-state index contributed by atoms with van der Waals surface area (Å²) in [5.74, 6) is 0.191. The molecular formula is C13H27N3O2S. The molecule has 2 aliphatic rings. The Hall–Kier alpha value is -0.170. The molecule has 0 saturated carbocycles. The van der Waals surface area contributed by atoms with Gasteiger partial charge in [-0.25, -0.2) is 13.1 Å². The summed E-state index contributed by atoms with van der Waals surface area (Å²) in [6, 6.07) is 0.573. The van der Waals surface area contributed by atoms with E-state index in [1.165, 1.54) is 12.8 Å². The molecule has 0 amide bonds. The van der Waals surface area contributed by atoms with E-state index in [0.717, 1.165) is 38.9 Å². The van der Waals surface area contributed by atoms with E-state index in [4.69, 9.17) is 0 Å². The highest BCUT2D eigenvalue weighted by atomic mass is 32.2. The lowest BCUT2D eigenvalue weighted by Crippen LogP contribution is -2.47. The molecule has 0 aromatic carbocycles. The molecule has 0 aromatic rings. The van der Waals surface area contributed by atoms with E-state index < -0.39 is 10.0 Å². The van der Waals surface area contributed by atoms with Gasteiger partial charge < -0.3 is 5.32 Å². The van der Waals surface area contributed by atoms with Gasteiger partial charge in [-0.3, -0.25) is 4.90 Å². The first-order chi connectivity index (χ1) is 9.12. The highest BCUT2D eigenvalue weighted by Gasteiger charge is 2.37. The van der Waals surface area contributed by atoms with Crippen molar-refractivity contribution < 1.29 is 8.42 Å². The Labute approximate surface area is 117 Å². The molecular weight excluding hydrogens is 262 g/mol. The van der Waals surface area contributed by atoms with Gasteiger partial charge in [0.1, 0.15) is 0 Å². The van der Waals surface area contributed by atoms with Gasteiger partial charge in [-0.15, -0.1) is 0 Å². The van der Waals surface area contributed by atoms with Crippen molar-refractivity contribution in [3.8, 4) is 0 Å². The molecule has 2 aliphatic heterocycles. The minimum atomic E-state index is -3.14. The molecule has 0 spiro atoms. The van der Waals surface area contributed by atoms with Gasteiger partial charge in [-0.2, -0.15) is 0 Å². The van der Waals surface area contributed by atoms with Gasteiger partial charge in [-0.1, -0.05) is 13.3 Å². The summed E-state index contributed by atoms with van der Waals surface area (Å²) in [7, 11) is -3.14. The van der Waals surface area contributed by atoms with E-state index in [2.05, 4.69) is 21.9 Å². The number of hydrogen-bond donors (Lipinski definition) is 2. The molecule has 5 nitrogen and oxygen atoms in total. The molecule has 19 heavy (non-hydrogen) atoms. The van der Waals surface area contributed by atoms with Crippen LogP contribution in [0.3, 0.4) is 0 Å². The maximum atomic E-state index is 12.1. The number of fused-ring (bicyclic) bond motifs is 1. The van der Waals surface area contributed by atoms with Gasteiger partial charge in [0.15, 0.2) is 0 Å². The first-order valence-electron chi connectivity index (χ1n) is 7.57. The topological polar surface area (TPSA) is 61.4 Å². The number of piperidine rings is 1. The van der Waals surface area contributed by atoms with Gasteiger partial charge in [0.25, 0.3) is 0 Å². The first-order valence-corrected chi connectivity index (χ1v) is 9.22. The van der Waals surface area contributed by atoms with Crippen LogP contribution in [0.2, 0.25) is 0 Å². The summed E-state index contributed by atoms with van der Waals surface area (Å²) in [6.07, 6.45) is 5.63. The predicted molar refractivity (Wildman–Crippen MR) is 77.7 cm³/mol. The normalized spacial score (nSPS) is 28.5. The van der Waals surface area contributed by atoms with Crippen LogP contribution < -0.4 is 10.0 Å². The minimum Gasteiger partial charge on any atom is -0.316 e. The van der Waals surface area contributed by atoms with Crippen LogP contribution in [-0.4, -0.2) is 57.3 Å². The second-order valence-corrected chi connectivity index (χ2v) is 7.55. The molecule has 2 fully saturated rings. The summed E-state index contributed by atoms with van der Waals surface area (Å²) >= 11 is 0. The number of rotatable bonds is 7. The Bertz CT molecular complexity index is 372. The van der Waals surface area contributed by atoms with Gasteiger partial charge >= 0.3 is 0 Å². The molecule has 2 rings (SSSR count). The zero-order valence-corrected chi connectivity index (χ0v) is 12.7. The zero-order chi connectivity index (χ0) is 13.7. The van der Waals surface area contributed by atoms with E-state index in [9.17, 15) is 8.42 Å². The van der Waals surface area contributed by atoms with Gasteiger partial charge in [-0.05, 0) is 38.8 Å². The van der Waals surface area contributed by atoms with Crippen LogP contribution in [0, 0.1) is 0 Å². The van der Waals surface area contributed by atoms with Crippen LogP contribution in [-0.2, 0) is 10.0 Å². The standard InChI is InChI=1S/C13H27N3O2S/c1-2-7-14-8-11-19(17,18)15-12-6-10-16-9-4-3-5-13(12)16/h12-15H,2-11H2,1H3. The van der Waals surface area contributed by atoms with E-state index in [1.807, 2.05) is 0 Å². The molecule has 0 bridgehead atoms. The Morgan fingerprint density at radius 2 is 2.00 bits per heavy atom. The molecule has 2 heterocycles. The average molecular weight is 289 g/mol. The smallest absolute Gasteiger partial charge is 0.213 e. The molecule has 2 saturated heterocycles. The fourth-order valence-electron chi connectivity index (χ4n) is 3.18. The maximum Gasteiger partial charge on any atom is 0.213 e. The monoisotopic (exact) mass is 289 g/mol. The molecule has 2 atom stereocenters. The number of nitrogens with one attached hydrogen (secondary N) is 2. The summed E-state index contributed by atoms with van der Waals surface area (Å²) in [5.41, 5.74) is 0. The molecule has 0 radical (unpaired) electrons. The second kappa shape index (κ2) is 7.02. The van der Waals surface area contributed by atoms with Crippen molar-refractivity contribution in [1.82, 2.24) is 14.9 Å². The Balaban J connectivity index is 1.79. The first kappa shape index (κ1) is 15.2. The van der Waals surface area contributed by atoms with Crippen LogP contribution in [0.4, 0.5) is 0 Å². The van der Waals surface area contributed by atoms with Crippen LogP contribution >= 0.6 is 0 Å². The summed E-state index contributed by atoms with van der Waals surface area (Å²) < 4.78 is 27.0. The van der Waals surface area contributed by atoms with Crippen LogP contribution in [0.1, 0.15) is 39.0 Å². The maximum absolute atomic E-state index is 12.1. The Morgan fingerprint density at radius 1 is 1.16 bits per heavy atom. The number of sulfonamides is 1. The van der Waals surface area contributed by atoms with Crippen molar-refractivity contribution in [2.75, 3.05) is 31.9 Å². The fraction of sp³-hybridized carbons (Fsp3) is 1.00.